The van der Waals surface area contributed by atoms with Gasteiger partial charge < -0.3 is 5.32 Å². The third kappa shape index (κ3) is 2.08. The molecule has 0 saturated heterocycles. The molecular formula is C20H18N2. The van der Waals surface area contributed by atoms with Crippen LogP contribution in [-0.4, -0.2) is 5.84 Å². The average molecular weight is 286 g/mol. The summed E-state index contributed by atoms with van der Waals surface area (Å²) in [4.78, 5) is 4.81. The number of rotatable bonds is 2. The summed E-state index contributed by atoms with van der Waals surface area (Å²) < 4.78 is 0. The number of amidine groups is 1. The molecule has 2 nitrogen and oxygen atoms in total. The molecule has 1 heterocycles. The molecule has 3 aromatic carbocycles. The van der Waals surface area contributed by atoms with Gasteiger partial charge in [-0.2, -0.15) is 0 Å². The van der Waals surface area contributed by atoms with E-state index in [-0.39, 0.29) is 0 Å². The standard InChI is InChI=1S/C20H18N2/c1-13(2)14-9-11-16(12-10-14)20-21-17-7-3-5-15-6-4-8-18(22-20)19(15)17/h3-13H,1-2H3,(H,21,22). The van der Waals surface area contributed by atoms with Crippen molar-refractivity contribution in [2.45, 2.75) is 19.8 Å². The van der Waals surface area contributed by atoms with E-state index in [1.807, 2.05) is 0 Å². The van der Waals surface area contributed by atoms with Crippen molar-refractivity contribution in [3.05, 3.63) is 71.8 Å². The number of hydrogen-bond donors (Lipinski definition) is 1. The molecule has 0 amide bonds. The van der Waals surface area contributed by atoms with Crippen molar-refractivity contribution in [3.8, 4) is 0 Å². The zero-order valence-corrected chi connectivity index (χ0v) is 12.8. The van der Waals surface area contributed by atoms with E-state index in [1.165, 1.54) is 16.3 Å². The van der Waals surface area contributed by atoms with Crippen molar-refractivity contribution >= 4 is 28.0 Å². The Bertz CT molecular complexity index is 869. The highest BCUT2D eigenvalue weighted by Gasteiger charge is 2.15. The number of benzene rings is 3. The highest BCUT2D eigenvalue weighted by Crippen LogP contribution is 2.36. The fourth-order valence-electron chi connectivity index (χ4n) is 2.96. The predicted octanol–water partition coefficient (Wildman–Crippen LogP) is 5.47. The highest BCUT2D eigenvalue weighted by molar-refractivity contribution is 6.18. The molecule has 0 fully saturated rings. The molecule has 0 saturated carbocycles. The summed E-state index contributed by atoms with van der Waals surface area (Å²) in [6.45, 7) is 4.42. The van der Waals surface area contributed by atoms with Crippen molar-refractivity contribution in [1.29, 1.82) is 0 Å². The summed E-state index contributed by atoms with van der Waals surface area (Å²) in [5.41, 5.74) is 4.64. The van der Waals surface area contributed by atoms with Gasteiger partial charge in [-0.15, -0.1) is 0 Å². The van der Waals surface area contributed by atoms with E-state index >= 15 is 0 Å². The molecule has 1 aliphatic rings. The van der Waals surface area contributed by atoms with Gasteiger partial charge in [0.2, 0.25) is 0 Å². The van der Waals surface area contributed by atoms with Gasteiger partial charge >= 0.3 is 0 Å². The molecule has 0 aliphatic carbocycles. The predicted molar refractivity (Wildman–Crippen MR) is 94.3 cm³/mol. The highest BCUT2D eigenvalue weighted by atomic mass is 15.0. The van der Waals surface area contributed by atoms with Crippen LogP contribution in [0.25, 0.3) is 10.8 Å². The molecule has 2 heteroatoms. The number of nitrogens with one attached hydrogen (secondary N) is 1. The van der Waals surface area contributed by atoms with Gasteiger partial charge in [-0.05, 0) is 29.0 Å². The minimum absolute atomic E-state index is 0.546. The Balaban J connectivity index is 1.81. The van der Waals surface area contributed by atoms with Gasteiger partial charge in [-0.1, -0.05) is 62.4 Å². The van der Waals surface area contributed by atoms with E-state index in [0.717, 1.165) is 22.8 Å². The smallest absolute Gasteiger partial charge is 0.138 e. The molecule has 22 heavy (non-hydrogen) atoms. The van der Waals surface area contributed by atoms with Gasteiger partial charge in [-0.3, -0.25) is 0 Å². The van der Waals surface area contributed by atoms with Crippen LogP contribution in [-0.2, 0) is 0 Å². The number of hydrogen-bond acceptors (Lipinski definition) is 2. The Morgan fingerprint density at radius 3 is 2.32 bits per heavy atom. The minimum Gasteiger partial charge on any atom is -0.339 e. The second-order valence-electron chi connectivity index (χ2n) is 6.04. The Hall–Kier alpha value is -2.61. The summed E-state index contributed by atoms with van der Waals surface area (Å²) in [6, 6.07) is 21.3. The average Bonchev–Trinajstić information content (AvgIpc) is 2.55. The van der Waals surface area contributed by atoms with Crippen LogP contribution in [0, 0.1) is 0 Å². The molecular weight excluding hydrogens is 268 g/mol. The summed E-state index contributed by atoms with van der Waals surface area (Å²) in [7, 11) is 0. The minimum atomic E-state index is 0.546. The zero-order chi connectivity index (χ0) is 15.1. The molecule has 0 radical (unpaired) electrons. The fraction of sp³-hybridized carbons (Fsp3) is 0.150. The van der Waals surface area contributed by atoms with Crippen LogP contribution in [0.3, 0.4) is 0 Å². The van der Waals surface area contributed by atoms with E-state index in [4.69, 9.17) is 4.99 Å². The lowest BCUT2D eigenvalue weighted by Gasteiger charge is -2.19. The van der Waals surface area contributed by atoms with Gasteiger partial charge in [0, 0.05) is 16.6 Å². The Labute approximate surface area is 130 Å². The quantitative estimate of drug-likeness (QED) is 0.664. The van der Waals surface area contributed by atoms with Crippen LogP contribution in [0.1, 0.15) is 30.9 Å². The Kier molecular flexibility index (Phi) is 2.97. The first kappa shape index (κ1) is 13.1. The van der Waals surface area contributed by atoms with Crippen LogP contribution in [0.5, 0.6) is 0 Å². The number of nitrogens with zero attached hydrogens (tertiary/aromatic N) is 1. The molecule has 0 aromatic heterocycles. The summed E-state index contributed by atoms with van der Waals surface area (Å²) in [5.74, 6) is 1.46. The van der Waals surface area contributed by atoms with Crippen LogP contribution >= 0.6 is 0 Å². The number of aliphatic imine (C=N–C) groups is 1. The molecule has 1 N–H and O–H groups in total. The van der Waals surface area contributed by atoms with Crippen LogP contribution in [0.4, 0.5) is 11.4 Å². The van der Waals surface area contributed by atoms with Crippen molar-refractivity contribution in [1.82, 2.24) is 0 Å². The molecule has 0 unspecified atom stereocenters. The maximum atomic E-state index is 4.81. The van der Waals surface area contributed by atoms with Crippen molar-refractivity contribution in [2.24, 2.45) is 4.99 Å². The van der Waals surface area contributed by atoms with E-state index in [0.29, 0.717) is 5.92 Å². The largest absolute Gasteiger partial charge is 0.339 e. The first-order chi connectivity index (χ1) is 10.7. The van der Waals surface area contributed by atoms with Crippen molar-refractivity contribution in [3.63, 3.8) is 0 Å². The lowest BCUT2D eigenvalue weighted by atomic mass is 10.0. The van der Waals surface area contributed by atoms with Crippen molar-refractivity contribution < 1.29 is 0 Å². The van der Waals surface area contributed by atoms with Crippen LogP contribution in [0.2, 0.25) is 0 Å². The summed E-state index contributed by atoms with van der Waals surface area (Å²) >= 11 is 0. The Morgan fingerprint density at radius 2 is 1.59 bits per heavy atom. The van der Waals surface area contributed by atoms with Gasteiger partial charge in [0.25, 0.3) is 0 Å². The third-order valence-corrected chi connectivity index (χ3v) is 4.22. The van der Waals surface area contributed by atoms with Gasteiger partial charge in [0.05, 0.1) is 5.69 Å². The molecule has 4 rings (SSSR count). The van der Waals surface area contributed by atoms with Gasteiger partial charge in [0.15, 0.2) is 0 Å². The van der Waals surface area contributed by atoms with Crippen LogP contribution in [0.15, 0.2) is 65.7 Å². The van der Waals surface area contributed by atoms with E-state index < -0.39 is 0 Å². The van der Waals surface area contributed by atoms with Crippen LogP contribution < -0.4 is 5.32 Å². The Morgan fingerprint density at radius 1 is 0.864 bits per heavy atom. The zero-order valence-electron chi connectivity index (χ0n) is 12.8. The van der Waals surface area contributed by atoms with Gasteiger partial charge in [0.1, 0.15) is 5.84 Å². The third-order valence-electron chi connectivity index (χ3n) is 4.22. The first-order valence-electron chi connectivity index (χ1n) is 7.70. The summed E-state index contributed by atoms with van der Waals surface area (Å²) in [5, 5.41) is 5.90. The normalized spacial score (nSPS) is 13.1. The lowest BCUT2D eigenvalue weighted by Crippen LogP contribution is -2.16. The molecule has 0 bridgehead atoms. The fourth-order valence-corrected chi connectivity index (χ4v) is 2.96. The molecule has 0 atom stereocenters. The monoisotopic (exact) mass is 286 g/mol. The van der Waals surface area contributed by atoms with E-state index in [9.17, 15) is 0 Å². The summed E-state index contributed by atoms with van der Waals surface area (Å²) in [6.07, 6.45) is 0. The topological polar surface area (TPSA) is 24.4 Å². The maximum Gasteiger partial charge on any atom is 0.138 e. The molecule has 108 valence electrons. The molecule has 0 spiro atoms. The second-order valence-corrected chi connectivity index (χ2v) is 6.04. The molecule has 3 aromatic rings. The molecule has 1 aliphatic heterocycles. The maximum absolute atomic E-state index is 4.81. The number of anilines is 1. The lowest BCUT2D eigenvalue weighted by molar-refractivity contribution is 0.866. The second kappa shape index (κ2) is 4.99. The van der Waals surface area contributed by atoms with Crippen molar-refractivity contribution in [2.75, 3.05) is 5.32 Å². The van der Waals surface area contributed by atoms with Gasteiger partial charge in [-0.25, -0.2) is 4.99 Å². The SMILES string of the molecule is CC(C)c1ccc(C2=Nc3cccc4cccc(c34)N2)cc1. The van der Waals surface area contributed by atoms with E-state index in [1.54, 1.807) is 0 Å². The van der Waals surface area contributed by atoms with E-state index in [2.05, 4.69) is 79.8 Å². The first-order valence-corrected chi connectivity index (χ1v) is 7.70.